The second-order valence-corrected chi connectivity index (χ2v) is 8.19. The fraction of sp³-hybridized carbons (Fsp3) is 0.364. The Hall–Kier alpha value is -2.88. The average Bonchev–Trinajstić information content (AvgIpc) is 3.41. The van der Waals surface area contributed by atoms with Crippen LogP contribution in [0.4, 0.5) is 5.13 Å². The minimum absolute atomic E-state index is 0.0204. The summed E-state index contributed by atoms with van der Waals surface area (Å²) in [6, 6.07) is 6.80. The van der Waals surface area contributed by atoms with Gasteiger partial charge in [-0.1, -0.05) is 18.3 Å². The van der Waals surface area contributed by atoms with Crippen molar-refractivity contribution in [3.8, 4) is 11.5 Å². The molecule has 0 aliphatic carbocycles. The zero-order valence-electron chi connectivity index (χ0n) is 17.9. The molecule has 31 heavy (non-hydrogen) atoms. The largest absolute Gasteiger partial charge is 0.463 e. The van der Waals surface area contributed by atoms with Gasteiger partial charge in [0.25, 0.3) is 5.91 Å². The van der Waals surface area contributed by atoms with Crippen LogP contribution in [0.3, 0.4) is 0 Å². The van der Waals surface area contributed by atoms with E-state index in [9.17, 15) is 9.59 Å². The van der Waals surface area contributed by atoms with Gasteiger partial charge in [-0.05, 0) is 44.8 Å². The van der Waals surface area contributed by atoms with Gasteiger partial charge in [-0.2, -0.15) is 0 Å². The molecule has 0 radical (unpaired) electrons. The predicted octanol–water partition coefficient (Wildman–Crippen LogP) is 4.11. The van der Waals surface area contributed by atoms with Gasteiger partial charge in [0.1, 0.15) is 10.6 Å². The SMILES string of the molecule is CCCC(=O)c1sc(NC(=O)c2ccnc(COCCN(C)C)c2)nc1-c1ccco1. The highest BCUT2D eigenvalue weighted by molar-refractivity contribution is 7.18. The summed E-state index contributed by atoms with van der Waals surface area (Å²) < 4.78 is 11.0. The van der Waals surface area contributed by atoms with E-state index in [4.69, 9.17) is 9.15 Å². The minimum Gasteiger partial charge on any atom is -0.463 e. The number of nitrogens with zero attached hydrogens (tertiary/aromatic N) is 3. The molecule has 1 amide bonds. The first-order valence-electron chi connectivity index (χ1n) is 10.0. The molecule has 3 heterocycles. The Kier molecular flexibility index (Phi) is 8.05. The maximum atomic E-state index is 12.8. The molecule has 0 bridgehead atoms. The average molecular weight is 443 g/mol. The van der Waals surface area contributed by atoms with Gasteiger partial charge in [-0.15, -0.1) is 0 Å². The quantitative estimate of drug-likeness (QED) is 0.352. The lowest BCUT2D eigenvalue weighted by Crippen LogP contribution is -2.18. The standard InChI is InChI=1S/C22H26N4O4S/c1-4-6-17(27)20-19(18-7-5-11-30-18)24-22(31-20)25-21(28)15-8-9-23-16(13-15)14-29-12-10-26(2)3/h5,7-9,11,13H,4,6,10,12,14H2,1-3H3,(H,24,25,28). The number of anilines is 1. The molecule has 3 aromatic rings. The van der Waals surface area contributed by atoms with Crippen molar-refractivity contribution in [1.29, 1.82) is 0 Å². The summed E-state index contributed by atoms with van der Waals surface area (Å²) in [5.74, 6) is 0.149. The summed E-state index contributed by atoms with van der Waals surface area (Å²) in [6.07, 6.45) is 4.24. The van der Waals surface area contributed by atoms with E-state index in [2.05, 4.69) is 15.3 Å². The van der Waals surface area contributed by atoms with Crippen molar-refractivity contribution >= 4 is 28.2 Å². The summed E-state index contributed by atoms with van der Waals surface area (Å²) in [5.41, 5.74) is 1.56. The zero-order chi connectivity index (χ0) is 22.2. The molecule has 164 valence electrons. The third-order valence-electron chi connectivity index (χ3n) is 4.34. The van der Waals surface area contributed by atoms with E-state index < -0.39 is 0 Å². The Labute approximate surface area is 185 Å². The number of ether oxygens (including phenoxy) is 1. The highest BCUT2D eigenvalue weighted by atomic mass is 32.1. The number of pyridine rings is 1. The first-order chi connectivity index (χ1) is 15.0. The van der Waals surface area contributed by atoms with Gasteiger partial charge < -0.3 is 14.1 Å². The van der Waals surface area contributed by atoms with Crippen LogP contribution in [-0.4, -0.2) is 53.8 Å². The van der Waals surface area contributed by atoms with E-state index in [1.807, 2.05) is 25.9 Å². The molecule has 3 aromatic heterocycles. The van der Waals surface area contributed by atoms with Crippen LogP contribution in [0.2, 0.25) is 0 Å². The van der Waals surface area contributed by atoms with E-state index in [1.165, 1.54) is 6.26 Å². The number of nitrogens with one attached hydrogen (secondary N) is 1. The van der Waals surface area contributed by atoms with Crippen LogP contribution in [0.15, 0.2) is 41.1 Å². The smallest absolute Gasteiger partial charge is 0.257 e. The Bertz CT molecular complexity index is 1010. The number of thiazole rings is 1. The van der Waals surface area contributed by atoms with Crippen LogP contribution >= 0.6 is 11.3 Å². The molecule has 0 atom stereocenters. The maximum Gasteiger partial charge on any atom is 0.257 e. The Morgan fingerprint density at radius 2 is 2.13 bits per heavy atom. The van der Waals surface area contributed by atoms with Crippen molar-refractivity contribution in [2.75, 3.05) is 32.6 Å². The Morgan fingerprint density at radius 1 is 1.29 bits per heavy atom. The zero-order valence-corrected chi connectivity index (χ0v) is 18.7. The number of likely N-dealkylation sites (N-methyl/N-ethyl adjacent to an activating group) is 1. The van der Waals surface area contributed by atoms with Gasteiger partial charge in [0.05, 0.1) is 25.2 Å². The van der Waals surface area contributed by atoms with E-state index in [0.717, 1.165) is 24.3 Å². The van der Waals surface area contributed by atoms with Crippen molar-refractivity contribution in [3.05, 3.63) is 52.9 Å². The molecular formula is C22H26N4O4S. The van der Waals surface area contributed by atoms with E-state index >= 15 is 0 Å². The van der Waals surface area contributed by atoms with Crippen LogP contribution < -0.4 is 5.32 Å². The van der Waals surface area contributed by atoms with Gasteiger partial charge in [0, 0.05) is 24.7 Å². The first kappa shape index (κ1) is 22.8. The number of rotatable bonds is 11. The summed E-state index contributed by atoms with van der Waals surface area (Å²) in [5, 5.41) is 3.13. The van der Waals surface area contributed by atoms with Gasteiger partial charge in [-0.3, -0.25) is 19.9 Å². The first-order valence-corrected chi connectivity index (χ1v) is 10.9. The fourth-order valence-electron chi connectivity index (χ4n) is 2.77. The fourth-order valence-corrected chi connectivity index (χ4v) is 3.71. The third kappa shape index (κ3) is 6.30. The Morgan fingerprint density at radius 3 is 2.84 bits per heavy atom. The number of furan rings is 1. The van der Waals surface area contributed by atoms with Crippen LogP contribution in [0.5, 0.6) is 0 Å². The lowest BCUT2D eigenvalue weighted by molar-refractivity contribution is 0.0983. The van der Waals surface area contributed by atoms with Crippen molar-refractivity contribution in [2.45, 2.75) is 26.4 Å². The van der Waals surface area contributed by atoms with Gasteiger partial charge >= 0.3 is 0 Å². The summed E-state index contributed by atoms with van der Waals surface area (Å²) >= 11 is 1.15. The van der Waals surface area contributed by atoms with Gasteiger partial charge in [0.2, 0.25) is 0 Å². The van der Waals surface area contributed by atoms with Crippen LogP contribution in [0.1, 0.15) is 45.5 Å². The lowest BCUT2D eigenvalue weighted by Gasteiger charge is -2.10. The van der Waals surface area contributed by atoms with Gasteiger partial charge in [-0.25, -0.2) is 4.98 Å². The molecule has 3 rings (SSSR count). The minimum atomic E-state index is -0.328. The molecule has 0 saturated carbocycles. The number of ketones is 1. The van der Waals surface area contributed by atoms with Crippen LogP contribution in [0, 0.1) is 0 Å². The number of hydrogen-bond donors (Lipinski definition) is 1. The number of carbonyl (C=O) groups excluding carboxylic acids is 2. The van der Waals surface area contributed by atoms with Gasteiger partial charge in [0.15, 0.2) is 16.7 Å². The number of hydrogen-bond acceptors (Lipinski definition) is 8. The molecule has 0 aliphatic rings. The molecule has 0 unspecified atom stereocenters. The molecule has 9 heteroatoms. The second kappa shape index (κ2) is 10.9. The molecule has 8 nitrogen and oxygen atoms in total. The maximum absolute atomic E-state index is 12.8. The number of carbonyl (C=O) groups is 2. The van der Waals surface area contributed by atoms with E-state index in [1.54, 1.807) is 30.5 Å². The number of Topliss-reactive ketones (excluding diaryl/α,β-unsaturated/α-hetero) is 1. The number of amides is 1. The van der Waals surface area contributed by atoms with E-state index in [-0.39, 0.29) is 11.7 Å². The van der Waals surface area contributed by atoms with Crippen molar-refractivity contribution in [3.63, 3.8) is 0 Å². The lowest BCUT2D eigenvalue weighted by atomic mass is 10.1. The van der Waals surface area contributed by atoms with Crippen molar-refractivity contribution in [2.24, 2.45) is 0 Å². The second-order valence-electron chi connectivity index (χ2n) is 7.19. The van der Waals surface area contributed by atoms with Crippen molar-refractivity contribution in [1.82, 2.24) is 14.9 Å². The molecule has 0 saturated heterocycles. The summed E-state index contributed by atoms with van der Waals surface area (Å²) in [6.45, 7) is 3.65. The predicted molar refractivity (Wildman–Crippen MR) is 119 cm³/mol. The molecule has 0 aliphatic heterocycles. The molecular weight excluding hydrogens is 416 g/mol. The topological polar surface area (TPSA) is 97.6 Å². The summed E-state index contributed by atoms with van der Waals surface area (Å²) in [4.78, 5) is 36.5. The summed E-state index contributed by atoms with van der Waals surface area (Å²) in [7, 11) is 3.95. The molecule has 0 aromatic carbocycles. The van der Waals surface area contributed by atoms with Crippen LogP contribution in [-0.2, 0) is 11.3 Å². The molecule has 1 N–H and O–H groups in total. The third-order valence-corrected chi connectivity index (χ3v) is 5.36. The van der Waals surface area contributed by atoms with Crippen molar-refractivity contribution < 1.29 is 18.7 Å². The highest BCUT2D eigenvalue weighted by Gasteiger charge is 2.22. The Balaban J connectivity index is 1.72. The van der Waals surface area contributed by atoms with Crippen LogP contribution in [0.25, 0.3) is 11.5 Å². The number of aromatic nitrogens is 2. The monoisotopic (exact) mass is 442 g/mol. The van der Waals surface area contributed by atoms with E-state index in [0.29, 0.717) is 52.4 Å². The highest BCUT2D eigenvalue weighted by Crippen LogP contribution is 2.33. The molecule has 0 fully saturated rings. The normalized spacial score (nSPS) is 11.1. The molecule has 0 spiro atoms.